The molecular weight excluding hydrogens is 1220 g/mol. The van der Waals surface area contributed by atoms with Gasteiger partial charge in [0.1, 0.15) is 102 Å². The molecular formula is C54H86Na2O29S2. The van der Waals surface area contributed by atoms with Gasteiger partial charge in [0.25, 0.3) is 0 Å². The number of esters is 1. The fourth-order valence-electron chi connectivity index (χ4n) is 16.5. The molecule has 0 aromatic carbocycles. The summed E-state index contributed by atoms with van der Waals surface area (Å²) < 4.78 is 138. The monoisotopic (exact) mass is 1310 g/mol. The predicted molar refractivity (Wildman–Crippen MR) is 280 cm³/mol. The second-order valence-corrected chi connectivity index (χ2v) is 28.6. The Morgan fingerprint density at radius 2 is 1.32 bits per heavy atom. The van der Waals surface area contributed by atoms with E-state index in [0.717, 1.165) is 25.5 Å². The number of hydrogen-bond acceptors (Lipinski definition) is 29. The fourth-order valence-corrected chi connectivity index (χ4v) is 17.3. The number of methoxy groups -OCH3 is 1. The number of ether oxygens (including phenoxy) is 10. The first-order chi connectivity index (χ1) is 39.4. The van der Waals surface area contributed by atoms with Crippen molar-refractivity contribution in [1.29, 1.82) is 0 Å². The Kier molecular flexibility index (Phi) is 23.5. The summed E-state index contributed by atoms with van der Waals surface area (Å²) in [7, 11) is -9.81. The van der Waals surface area contributed by atoms with Gasteiger partial charge in [0.15, 0.2) is 25.2 Å². The van der Waals surface area contributed by atoms with Gasteiger partial charge in [0.2, 0.25) is 20.8 Å². The number of aliphatic hydroxyl groups is 10. The van der Waals surface area contributed by atoms with Gasteiger partial charge in [-0.2, -0.15) is 0 Å². The molecule has 5 heterocycles. The Balaban J connectivity index is 0.00000541. The molecule has 29 nitrogen and oxygen atoms in total. The number of carbonyl (C=O) groups is 1. The zero-order chi connectivity index (χ0) is 62.7. The second kappa shape index (κ2) is 27.4. The third kappa shape index (κ3) is 13.2. The molecule has 4 aliphatic carbocycles. The molecule has 10 N–H and O–H groups in total. The van der Waals surface area contributed by atoms with E-state index in [2.05, 4.69) is 35.2 Å². The van der Waals surface area contributed by atoms with E-state index >= 15 is 0 Å². The van der Waals surface area contributed by atoms with E-state index in [0.29, 0.717) is 38.0 Å². The first-order valence-corrected chi connectivity index (χ1v) is 31.8. The van der Waals surface area contributed by atoms with Gasteiger partial charge in [-0.25, -0.2) is 16.8 Å². The number of aliphatic hydroxyl groups excluding tert-OH is 9. The first-order valence-electron chi connectivity index (χ1n) is 29.1. The molecule has 0 radical (unpaired) electrons. The topological polar surface area (TPSA) is 445 Å². The van der Waals surface area contributed by atoms with E-state index in [9.17, 15) is 81.8 Å². The molecule has 8 fully saturated rings. The molecule has 0 aromatic heterocycles. The van der Waals surface area contributed by atoms with Crippen LogP contribution in [0.3, 0.4) is 0 Å². The van der Waals surface area contributed by atoms with E-state index in [1.165, 1.54) is 6.92 Å². The molecule has 0 bridgehead atoms. The molecule has 28 atom stereocenters. The van der Waals surface area contributed by atoms with Crippen molar-refractivity contribution in [3.05, 3.63) is 11.6 Å². The molecule has 490 valence electrons. The van der Waals surface area contributed by atoms with E-state index in [4.69, 9.17) is 47.4 Å². The van der Waals surface area contributed by atoms with Crippen molar-refractivity contribution in [2.45, 2.75) is 253 Å². The number of allylic oxidation sites excluding steroid dienone is 2. The van der Waals surface area contributed by atoms with Crippen molar-refractivity contribution < 1.29 is 197 Å². The maximum Gasteiger partial charge on any atom is 1.00 e. The third-order valence-electron chi connectivity index (χ3n) is 21.0. The minimum atomic E-state index is -5.48. The largest absolute Gasteiger partial charge is 1.00 e. The molecule has 33 heteroatoms. The van der Waals surface area contributed by atoms with Crippen molar-refractivity contribution in [3.63, 3.8) is 0 Å². The molecule has 5 aliphatic heterocycles. The van der Waals surface area contributed by atoms with Crippen LogP contribution in [0.2, 0.25) is 0 Å². The van der Waals surface area contributed by atoms with Crippen LogP contribution in [0.25, 0.3) is 0 Å². The van der Waals surface area contributed by atoms with E-state index < -0.39 is 208 Å². The van der Waals surface area contributed by atoms with Gasteiger partial charge < -0.3 is 108 Å². The van der Waals surface area contributed by atoms with E-state index in [1.54, 1.807) is 6.92 Å². The van der Waals surface area contributed by atoms with Crippen molar-refractivity contribution in [1.82, 2.24) is 0 Å². The Morgan fingerprint density at radius 1 is 0.724 bits per heavy atom. The normalized spacial score (nSPS) is 48.8. The van der Waals surface area contributed by atoms with Crippen LogP contribution in [0.1, 0.15) is 113 Å². The Labute approximate surface area is 550 Å². The van der Waals surface area contributed by atoms with Crippen LogP contribution in [-0.2, 0) is 81.3 Å². The maximum atomic E-state index is 14.5. The molecule has 1 spiro atoms. The fraction of sp³-hybridized carbons (Fsp3) is 0.944. The quantitative estimate of drug-likeness (QED) is 0.0189. The molecule has 0 amide bonds. The summed E-state index contributed by atoms with van der Waals surface area (Å²) in [6.07, 6.45) is -30.7. The smallest absolute Gasteiger partial charge is 0.726 e. The van der Waals surface area contributed by atoms with Crippen LogP contribution in [0.15, 0.2) is 11.6 Å². The molecule has 9 rings (SSSR count). The van der Waals surface area contributed by atoms with Crippen LogP contribution in [0.5, 0.6) is 0 Å². The van der Waals surface area contributed by atoms with Gasteiger partial charge in [0.05, 0.1) is 38.1 Å². The summed E-state index contributed by atoms with van der Waals surface area (Å²) in [5.74, 6) is -0.580. The zero-order valence-corrected chi connectivity index (χ0v) is 56.6. The summed E-state index contributed by atoms with van der Waals surface area (Å²) in [4.78, 5) is 14.5. The van der Waals surface area contributed by atoms with E-state index in [1.807, 2.05) is 20.8 Å². The van der Waals surface area contributed by atoms with Crippen LogP contribution in [0.4, 0.5) is 0 Å². The molecule has 5 saturated heterocycles. The Hall–Kier alpha value is 0.190. The van der Waals surface area contributed by atoms with Crippen molar-refractivity contribution in [2.24, 2.45) is 39.4 Å². The summed E-state index contributed by atoms with van der Waals surface area (Å²) in [6.45, 7) is 12.7. The third-order valence-corrected chi connectivity index (χ3v) is 21.9. The van der Waals surface area contributed by atoms with Crippen molar-refractivity contribution in [3.8, 4) is 0 Å². The van der Waals surface area contributed by atoms with Crippen molar-refractivity contribution >= 4 is 26.8 Å². The standard InChI is InChI=1S/C54H88O29S2.2Na/c1-23(2)11-10-15-52(8)53(65)18-17-51(7)25-12-13-30-49(4,5)32(14-16-50(30,6)26(25)19-31(56)54(51,53)48(64)82-52)78-47-43(35(59)29(21-73-47)83-85(69,70)71)81-44-37(61)36(60)40(24(3)75-44)79-46-39(63)42(34(58)28(77-46)22-74-84(66,67)68)80-45-38(62)41(72-9)33(57)27(20-55)76-45;;/h12,23-24,26-47,55-63,65H,10-11,13-22H2,1-9H3,(H,66,67,68)(H,69,70,71);;/q;2*+1/p-2/t24?,26?,27?,28?,29-,30?,31?,32+,33-,34-,35?,36?,37?,38?,39?,40-,41?,42?,43?,44+,45+,46+,47+,50-,51?,52?,53+,54-;;/m1../s1. The van der Waals surface area contributed by atoms with Crippen LogP contribution < -0.4 is 59.1 Å². The van der Waals surface area contributed by atoms with Crippen molar-refractivity contribution in [2.75, 3.05) is 26.9 Å². The number of fused-ring (bicyclic) bond motifs is 4. The maximum absolute atomic E-state index is 14.5. The van der Waals surface area contributed by atoms with Gasteiger partial charge in [0, 0.05) is 12.5 Å². The van der Waals surface area contributed by atoms with Gasteiger partial charge >= 0.3 is 65.1 Å². The summed E-state index contributed by atoms with van der Waals surface area (Å²) in [5.41, 5.74) is -5.64. The second-order valence-electron chi connectivity index (χ2n) is 26.5. The summed E-state index contributed by atoms with van der Waals surface area (Å²) in [6, 6.07) is 0. The molecule has 3 saturated carbocycles. The van der Waals surface area contributed by atoms with E-state index in [-0.39, 0.29) is 83.8 Å². The summed E-state index contributed by atoms with van der Waals surface area (Å²) in [5, 5.41) is 115. The Bertz CT molecular complexity index is 2660. The number of rotatable bonds is 19. The number of hydrogen-bond donors (Lipinski definition) is 10. The van der Waals surface area contributed by atoms with Crippen LogP contribution in [-0.4, -0.2) is 250 Å². The van der Waals surface area contributed by atoms with Gasteiger partial charge in [-0.05, 0) is 93.8 Å². The van der Waals surface area contributed by atoms with Crippen LogP contribution >= 0.6 is 0 Å². The Morgan fingerprint density at radius 3 is 1.93 bits per heavy atom. The molecule has 16 unspecified atom stereocenters. The average molecular weight is 1310 g/mol. The average Bonchev–Trinajstić information content (AvgIpc) is 1.52. The SMILES string of the molecule is COC1C(O)[C@H](OC2C(O)[C@H](O[C@@H]3C(C)O[C@@H](OC4C(O)[C@H](OS(=O)(=O)[O-])CO[C@H]4O[C@H]4CC[C@]5(C)C6CC(O)[C@]78C(=O)OC(C)(CCCC(C)C)[C@@]7(O)CCC8(C)C6=CCC5C4(C)C)C(O)C3O)OC(COS(=O)(=O)[O-])[C@H]2O)OC(CO)[C@H]1O.[Na+].[Na+]. The molecule has 0 aromatic rings. The van der Waals surface area contributed by atoms with Gasteiger partial charge in [-0.15, -0.1) is 0 Å². The molecule has 87 heavy (non-hydrogen) atoms. The number of cyclic esters (lactones) is 1. The summed E-state index contributed by atoms with van der Waals surface area (Å²) >= 11 is 0. The number of carbonyl (C=O) groups excluding carboxylic acids is 1. The molecule has 9 aliphatic rings. The van der Waals surface area contributed by atoms with Gasteiger partial charge in [-0.1, -0.05) is 59.6 Å². The minimum absolute atomic E-state index is 0. The first kappa shape index (κ1) is 74.6. The minimum Gasteiger partial charge on any atom is -0.726 e. The predicted octanol–water partition coefficient (Wildman–Crippen LogP) is -8.25. The van der Waals surface area contributed by atoms with Crippen LogP contribution in [0, 0.1) is 39.4 Å². The van der Waals surface area contributed by atoms with Gasteiger partial charge in [-0.3, -0.25) is 13.2 Å². The zero-order valence-electron chi connectivity index (χ0n) is 51.0.